The number of hydrogen-bond donors (Lipinski definition) is 2. The highest BCUT2D eigenvalue weighted by Gasteiger charge is 2.25. The van der Waals surface area contributed by atoms with Crippen LogP contribution in [-0.2, 0) is 35.6 Å². The van der Waals surface area contributed by atoms with Crippen molar-refractivity contribution >= 4 is 38.8 Å². The number of benzene rings is 1. The van der Waals surface area contributed by atoms with Crippen LogP contribution in [0.15, 0.2) is 20.8 Å². The van der Waals surface area contributed by atoms with Crippen molar-refractivity contribution < 1.29 is 13.8 Å². The Morgan fingerprint density at radius 1 is 1.19 bits per heavy atom. The Morgan fingerprint density at radius 3 is 2.37 bits per heavy atom. The number of nitrogens with zero attached hydrogens (tertiary/aromatic N) is 2. The second-order valence-electron chi connectivity index (χ2n) is 6.86. The quantitative estimate of drug-likeness (QED) is 0.764. The number of hydrogen-bond acceptors (Lipinski definition) is 5. The zero-order valence-electron chi connectivity index (χ0n) is 14.9. The van der Waals surface area contributed by atoms with Crippen molar-refractivity contribution in [1.29, 1.82) is 0 Å². The zero-order chi connectivity index (χ0) is 19.2. The van der Waals surface area contributed by atoms with Crippen molar-refractivity contribution in [1.82, 2.24) is 4.98 Å². The molecule has 27 heavy (non-hydrogen) atoms. The van der Waals surface area contributed by atoms with Crippen molar-refractivity contribution in [2.45, 2.75) is 49.7 Å². The SMILES string of the molecule is CC(=O)c1ncc([S@@](N)(=O)=NC(=O)Nc2c3c(cc4c2CCC4)CCC3)s1. The molecule has 1 atom stereocenters. The van der Waals surface area contributed by atoms with Crippen molar-refractivity contribution in [2.24, 2.45) is 9.50 Å². The number of rotatable bonds is 3. The summed E-state index contributed by atoms with van der Waals surface area (Å²) < 4.78 is 16.5. The van der Waals surface area contributed by atoms with E-state index in [4.69, 9.17) is 5.14 Å². The van der Waals surface area contributed by atoms with Gasteiger partial charge in [0.1, 0.15) is 4.21 Å². The summed E-state index contributed by atoms with van der Waals surface area (Å²) in [6, 6.07) is 1.54. The standard InChI is InChI=1S/C18H20N4O3S2/c1-10(23)17-20-9-15(26-17)27(19,25)22-18(24)21-16-13-6-2-4-11(13)8-12-5-3-7-14(12)16/h8-9H,2-7H2,1H3,(H3,19,21,22,24,25)/t27-/m0/s1. The number of carbonyl (C=O) groups is 2. The van der Waals surface area contributed by atoms with Gasteiger partial charge in [-0.05, 0) is 60.8 Å². The number of fused-ring (bicyclic) bond motifs is 2. The lowest BCUT2D eigenvalue weighted by molar-refractivity contribution is 0.101. The number of aromatic nitrogens is 1. The fourth-order valence-corrected chi connectivity index (χ4v) is 5.78. The van der Waals surface area contributed by atoms with Gasteiger partial charge in [-0.1, -0.05) is 17.4 Å². The van der Waals surface area contributed by atoms with Gasteiger partial charge in [-0.2, -0.15) is 0 Å². The number of anilines is 1. The van der Waals surface area contributed by atoms with Crippen molar-refractivity contribution in [3.63, 3.8) is 0 Å². The van der Waals surface area contributed by atoms with Gasteiger partial charge in [-0.25, -0.2) is 19.1 Å². The number of thiazole rings is 1. The van der Waals surface area contributed by atoms with Crippen molar-refractivity contribution in [3.8, 4) is 0 Å². The summed E-state index contributed by atoms with van der Waals surface area (Å²) >= 11 is 0.902. The summed E-state index contributed by atoms with van der Waals surface area (Å²) in [6.07, 6.45) is 7.27. The molecule has 7 nitrogen and oxygen atoms in total. The summed E-state index contributed by atoms with van der Waals surface area (Å²) in [4.78, 5) is 27.8. The zero-order valence-corrected chi connectivity index (χ0v) is 16.5. The van der Waals surface area contributed by atoms with Crippen LogP contribution in [0.5, 0.6) is 0 Å². The van der Waals surface area contributed by atoms with Crippen molar-refractivity contribution in [2.75, 3.05) is 5.32 Å². The normalized spacial score (nSPS) is 17.1. The number of ketones is 1. The van der Waals surface area contributed by atoms with E-state index in [9.17, 15) is 13.8 Å². The van der Waals surface area contributed by atoms with Crippen LogP contribution in [0, 0.1) is 0 Å². The Hall–Kier alpha value is -2.10. The monoisotopic (exact) mass is 404 g/mol. The minimum absolute atomic E-state index is 0.117. The molecule has 0 fully saturated rings. The van der Waals surface area contributed by atoms with E-state index < -0.39 is 15.9 Å². The maximum absolute atomic E-state index is 12.7. The van der Waals surface area contributed by atoms with E-state index in [1.807, 2.05) is 0 Å². The van der Waals surface area contributed by atoms with E-state index in [2.05, 4.69) is 20.7 Å². The number of nitrogens with one attached hydrogen (secondary N) is 1. The molecule has 1 aromatic heterocycles. The van der Waals surface area contributed by atoms with Gasteiger partial charge in [0, 0.05) is 12.6 Å². The highest BCUT2D eigenvalue weighted by molar-refractivity contribution is 7.93. The molecule has 0 bridgehead atoms. The van der Waals surface area contributed by atoms with Crippen LogP contribution in [0.4, 0.5) is 10.5 Å². The molecular formula is C18H20N4O3S2. The first-order chi connectivity index (χ1) is 12.8. The molecule has 3 N–H and O–H groups in total. The van der Waals surface area contributed by atoms with Crippen LogP contribution in [0.1, 0.15) is 51.8 Å². The Labute approximate surface area is 161 Å². The molecule has 0 aliphatic heterocycles. The second kappa shape index (κ2) is 6.81. The fourth-order valence-electron chi connectivity index (χ4n) is 3.82. The summed E-state index contributed by atoms with van der Waals surface area (Å²) in [7, 11) is -3.45. The van der Waals surface area contributed by atoms with Crippen molar-refractivity contribution in [3.05, 3.63) is 39.5 Å². The molecule has 2 aliphatic rings. The lowest BCUT2D eigenvalue weighted by Gasteiger charge is -2.15. The van der Waals surface area contributed by atoms with Crippen LogP contribution in [0.2, 0.25) is 0 Å². The van der Waals surface area contributed by atoms with E-state index in [0.717, 1.165) is 55.5 Å². The number of nitrogens with two attached hydrogens (primary N) is 1. The molecule has 4 rings (SSSR count). The van der Waals surface area contributed by atoms with Gasteiger partial charge in [-0.3, -0.25) is 4.79 Å². The Kier molecular flexibility index (Phi) is 4.61. The van der Waals surface area contributed by atoms with Gasteiger partial charge in [0.25, 0.3) is 0 Å². The molecule has 0 saturated heterocycles. The van der Waals surface area contributed by atoms with Gasteiger partial charge in [0.05, 0.1) is 6.20 Å². The Morgan fingerprint density at radius 2 is 1.81 bits per heavy atom. The number of aryl methyl sites for hydroxylation is 2. The molecule has 0 radical (unpaired) electrons. The third kappa shape index (κ3) is 3.42. The molecule has 0 spiro atoms. The molecule has 1 aromatic carbocycles. The maximum atomic E-state index is 12.7. The molecule has 0 unspecified atom stereocenters. The molecule has 142 valence electrons. The smallest absolute Gasteiger partial charge is 0.305 e. The fraction of sp³-hybridized carbons (Fsp3) is 0.389. The molecule has 1 heterocycles. The molecule has 9 heteroatoms. The van der Waals surface area contributed by atoms with Crippen LogP contribution in [0.3, 0.4) is 0 Å². The topological polar surface area (TPSA) is 115 Å². The molecule has 2 aliphatic carbocycles. The van der Waals surface area contributed by atoms with Gasteiger partial charge in [-0.15, -0.1) is 4.36 Å². The largest absolute Gasteiger partial charge is 0.354 e. The van der Waals surface area contributed by atoms with Crippen LogP contribution in [0.25, 0.3) is 0 Å². The van der Waals surface area contributed by atoms with E-state index >= 15 is 0 Å². The number of amides is 2. The highest BCUT2D eigenvalue weighted by Crippen LogP contribution is 2.38. The average molecular weight is 405 g/mol. The van der Waals surface area contributed by atoms with E-state index in [1.165, 1.54) is 35.4 Å². The summed E-state index contributed by atoms with van der Waals surface area (Å²) in [6.45, 7) is 1.36. The predicted octanol–water partition coefficient (Wildman–Crippen LogP) is 3.26. The summed E-state index contributed by atoms with van der Waals surface area (Å²) in [5.41, 5.74) is 5.73. The van der Waals surface area contributed by atoms with E-state index in [0.29, 0.717) is 0 Å². The van der Waals surface area contributed by atoms with Gasteiger partial charge >= 0.3 is 6.03 Å². The summed E-state index contributed by atoms with van der Waals surface area (Å²) in [5.74, 6) is -0.249. The van der Waals surface area contributed by atoms with E-state index in [1.54, 1.807) is 0 Å². The number of carbonyl (C=O) groups excluding carboxylic acids is 2. The third-order valence-electron chi connectivity index (χ3n) is 5.00. The number of urea groups is 1. The Balaban J connectivity index is 1.66. The minimum atomic E-state index is -3.45. The Bertz CT molecular complexity index is 1050. The molecular weight excluding hydrogens is 384 g/mol. The van der Waals surface area contributed by atoms with Gasteiger partial charge < -0.3 is 5.32 Å². The van der Waals surface area contributed by atoms with E-state index in [-0.39, 0.29) is 15.0 Å². The maximum Gasteiger partial charge on any atom is 0.354 e. The minimum Gasteiger partial charge on any atom is -0.305 e. The number of Topliss-reactive ketones (excluding diaryl/α,β-unsaturated/α-hetero) is 1. The van der Waals surface area contributed by atoms with Gasteiger partial charge in [0.2, 0.25) is 0 Å². The second-order valence-corrected chi connectivity index (χ2v) is 9.91. The first-order valence-corrected chi connectivity index (χ1v) is 11.2. The lowest BCUT2D eigenvalue weighted by atomic mass is 9.99. The highest BCUT2D eigenvalue weighted by atomic mass is 32.2. The van der Waals surface area contributed by atoms with Crippen LogP contribution >= 0.6 is 11.3 Å². The molecule has 2 aromatic rings. The van der Waals surface area contributed by atoms with Crippen LogP contribution < -0.4 is 10.5 Å². The average Bonchev–Trinajstić information content (AvgIpc) is 3.34. The predicted molar refractivity (Wildman–Crippen MR) is 105 cm³/mol. The van der Waals surface area contributed by atoms with Crippen LogP contribution in [-0.4, -0.2) is 21.0 Å². The van der Waals surface area contributed by atoms with Gasteiger partial charge in [0.15, 0.2) is 20.7 Å². The summed E-state index contributed by atoms with van der Waals surface area (Å²) in [5, 5.41) is 8.83. The molecule has 2 amide bonds. The molecule has 0 saturated carbocycles. The first-order valence-electron chi connectivity index (χ1n) is 8.84. The first kappa shape index (κ1) is 18.3. The lowest BCUT2D eigenvalue weighted by Crippen LogP contribution is -2.18. The third-order valence-corrected chi connectivity index (χ3v) is 7.98.